The van der Waals surface area contributed by atoms with Gasteiger partial charge in [0.15, 0.2) is 0 Å². The van der Waals surface area contributed by atoms with Gasteiger partial charge in [0.25, 0.3) is 5.91 Å². The van der Waals surface area contributed by atoms with Crippen molar-refractivity contribution < 1.29 is 4.79 Å². The number of aryl methyl sites for hydroxylation is 1. The van der Waals surface area contributed by atoms with E-state index in [0.717, 1.165) is 43.1 Å². The van der Waals surface area contributed by atoms with E-state index in [4.69, 9.17) is 0 Å². The van der Waals surface area contributed by atoms with Crippen molar-refractivity contribution in [3.05, 3.63) is 47.6 Å². The van der Waals surface area contributed by atoms with Crippen LogP contribution in [0.5, 0.6) is 0 Å². The van der Waals surface area contributed by atoms with E-state index in [-0.39, 0.29) is 5.91 Å². The third-order valence-electron chi connectivity index (χ3n) is 4.84. The molecule has 0 aromatic carbocycles. The number of hydrogen-bond acceptors (Lipinski definition) is 5. The second-order valence-electron chi connectivity index (χ2n) is 6.76. The van der Waals surface area contributed by atoms with Gasteiger partial charge in [0.1, 0.15) is 5.82 Å². The lowest BCUT2D eigenvalue weighted by molar-refractivity contribution is 0.0711. The summed E-state index contributed by atoms with van der Waals surface area (Å²) in [5, 5.41) is 0. The molecule has 1 amide bonds. The van der Waals surface area contributed by atoms with Crippen LogP contribution in [-0.2, 0) is 0 Å². The Morgan fingerprint density at radius 3 is 2.33 bits per heavy atom. The number of likely N-dealkylation sites (tertiary alicyclic amines) is 1. The van der Waals surface area contributed by atoms with E-state index in [1.54, 1.807) is 18.6 Å². The molecular formula is C18H21N5O. The first kappa shape index (κ1) is 15.2. The number of aromatic nitrogens is 4. The van der Waals surface area contributed by atoms with Crippen molar-refractivity contribution in [1.82, 2.24) is 24.8 Å². The molecule has 1 saturated carbocycles. The summed E-state index contributed by atoms with van der Waals surface area (Å²) in [6.45, 7) is 3.44. The van der Waals surface area contributed by atoms with Crippen LogP contribution in [0.2, 0.25) is 0 Å². The van der Waals surface area contributed by atoms with Gasteiger partial charge in [0.2, 0.25) is 0 Å². The van der Waals surface area contributed by atoms with Gasteiger partial charge in [-0.2, -0.15) is 0 Å². The minimum Gasteiger partial charge on any atom is -0.339 e. The summed E-state index contributed by atoms with van der Waals surface area (Å²) in [6.07, 6.45) is 11.2. The molecule has 1 saturated heterocycles. The lowest BCUT2D eigenvalue weighted by atomic mass is 9.93. The molecule has 4 rings (SSSR count). The Labute approximate surface area is 141 Å². The molecule has 0 atom stereocenters. The van der Waals surface area contributed by atoms with Crippen molar-refractivity contribution >= 4 is 5.91 Å². The lowest BCUT2D eigenvalue weighted by Crippen LogP contribution is -2.38. The van der Waals surface area contributed by atoms with Crippen LogP contribution in [0.25, 0.3) is 0 Å². The van der Waals surface area contributed by atoms with Crippen LogP contribution < -0.4 is 0 Å². The average Bonchev–Trinajstić information content (AvgIpc) is 3.47. The quantitative estimate of drug-likeness (QED) is 0.867. The molecule has 2 aromatic rings. The summed E-state index contributed by atoms with van der Waals surface area (Å²) in [4.78, 5) is 32.0. The molecule has 0 N–H and O–H groups in total. The van der Waals surface area contributed by atoms with Gasteiger partial charge in [-0.15, -0.1) is 0 Å². The smallest absolute Gasteiger partial charge is 0.256 e. The monoisotopic (exact) mass is 323 g/mol. The predicted octanol–water partition coefficient (Wildman–Crippen LogP) is 2.47. The van der Waals surface area contributed by atoms with E-state index < -0.39 is 0 Å². The van der Waals surface area contributed by atoms with Gasteiger partial charge in [-0.3, -0.25) is 14.8 Å². The highest BCUT2D eigenvalue weighted by Crippen LogP contribution is 2.37. The van der Waals surface area contributed by atoms with E-state index >= 15 is 0 Å². The summed E-state index contributed by atoms with van der Waals surface area (Å²) >= 11 is 0. The van der Waals surface area contributed by atoms with Crippen LogP contribution in [-0.4, -0.2) is 43.8 Å². The fourth-order valence-electron chi connectivity index (χ4n) is 3.24. The maximum absolute atomic E-state index is 12.6. The number of carbonyl (C=O) groups is 1. The Kier molecular flexibility index (Phi) is 3.96. The second-order valence-corrected chi connectivity index (χ2v) is 6.76. The van der Waals surface area contributed by atoms with E-state index in [2.05, 4.69) is 19.9 Å². The number of rotatable bonds is 3. The second kappa shape index (κ2) is 6.26. The molecule has 2 fully saturated rings. The van der Waals surface area contributed by atoms with Crippen LogP contribution >= 0.6 is 0 Å². The van der Waals surface area contributed by atoms with Crippen molar-refractivity contribution in [3.8, 4) is 0 Å². The standard InChI is InChI=1S/C18H21N5O/c1-12-8-19-11-16(22-12)13-4-6-23(7-5-13)18(24)15-9-20-17(21-10-15)14-2-3-14/h8-11,13-14H,2-7H2,1H3. The molecule has 2 aromatic heterocycles. The Morgan fingerprint density at radius 1 is 1.00 bits per heavy atom. The Balaban J connectivity index is 1.38. The maximum atomic E-state index is 12.6. The minimum absolute atomic E-state index is 0.0334. The van der Waals surface area contributed by atoms with Gasteiger partial charge >= 0.3 is 0 Å². The first-order valence-corrected chi connectivity index (χ1v) is 8.60. The molecule has 3 heterocycles. The zero-order valence-corrected chi connectivity index (χ0v) is 13.9. The maximum Gasteiger partial charge on any atom is 0.256 e. The summed E-state index contributed by atoms with van der Waals surface area (Å²) in [5.41, 5.74) is 2.58. The fraction of sp³-hybridized carbons (Fsp3) is 0.500. The Hall–Kier alpha value is -2.37. The third-order valence-corrected chi connectivity index (χ3v) is 4.84. The Morgan fingerprint density at radius 2 is 1.71 bits per heavy atom. The van der Waals surface area contributed by atoms with Crippen LogP contribution in [0, 0.1) is 6.92 Å². The molecule has 0 radical (unpaired) electrons. The molecule has 1 aliphatic heterocycles. The van der Waals surface area contributed by atoms with Crippen LogP contribution in [0.1, 0.15) is 65.1 Å². The topological polar surface area (TPSA) is 71.9 Å². The molecule has 2 aliphatic rings. The molecular weight excluding hydrogens is 302 g/mol. The summed E-state index contributed by atoms with van der Waals surface area (Å²) in [6, 6.07) is 0. The highest BCUT2D eigenvalue weighted by molar-refractivity contribution is 5.93. The number of carbonyl (C=O) groups excluding carboxylic acids is 1. The third kappa shape index (κ3) is 3.13. The summed E-state index contributed by atoms with van der Waals surface area (Å²) in [7, 11) is 0. The fourth-order valence-corrected chi connectivity index (χ4v) is 3.24. The Bertz CT molecular complexity index is 733. The normalized spacial score (nSPS) is 18.6. The average molecular weight is 323 g/mol. The summed E-state index contributed by atoms with van der Waals surface area (Å²) < 4.78 is 0. The lowest BCUT2D eigenvalue weighted by Gasteiger charge is -2.31. The van der Waals surface area contributed by atoms with E-state index in [1.807, 2.05) is 18.0 Å². The van der Waals surface area contributed by atoms with Gasteiger partial charge in [-0.05, 0) is 32.6 Å². The zero-order chi connectivity index (χ0) is 16.5. The minimum atomic E-state index is 0.0334. The summed E-state index contributed by atoms with van der Waals surface area (Å²) in [5.74, 6) is 1.81. The van der Waals surface area contributed by atoms with Crippen molar-refractivity contribution in [3.63, 3.8) is 0 Å². The van der Waals surface area contributed by atoms with Crippen molar-refractivity contribution in [2.45, 2.75) is 44.4 Å². The molecule has 0 unspecified atom stereocenters. The zero-order valence-electron chi connectivity index (χ0n) is 13.9. The van der Waals surface area contributed by atoms with Gasteiger partial charge in [-0.25, -0.2) is 9.97 Å². The van der Waals surface area contributed by atoms with Gasteiger partial charge in [-0.1, -0.05) is 0 Å². The molecule has 124 valence electrons. The van der Waals surface area contributed by atoms with Crippen LogP contribution in [0.3, 0.4) is 0 Å². The number of piperidine rings is 1. The van der Waals surface area contributed by atoms with Gasteiger partial charge < -0.3 is 4.90 Å². The highest BCUT2D eigenvalue weighted by Gasteiger charge is 2.28. The highest BCUT2D eigenvalue weighted by atomic mass is 16.2. The predicted molar refractivity (Wildman–Crippen MR) is 88.7 cm³/mol. The van der Waals surface area contributed by atoms with Crippen molar-refractivity contribution in [2.75, 3.05) is 13.1 Å². The van der Waals surface area contributed by atoms with Crippen LogP contribution in [0.15, 0.2) is 24.8 Å². The number of amides is 1. The van der Waals surface area contributed by atoms with Crippen molar-refractivity contribution in [1.29, 1.82) is 0 Å². The van der Waals surface area contributed by atoms with Gasteiger partial charge in [0.05, 0.1) is 17.0 Å². The van der Waals surface area contributed by atoms with Crippen molar-refractivity contribution in [2.24, 2.45) is 0 Å². The molecule has 0 spiro atoms. The molecule has 6 heteroatoms. The SMILES string of the molecule is Cc1cncc(C2CCN(C(=O)c3cnc(C4CC4)nc3)CC2)n1. The molecule has 0 bridgehead atoms. The van der Waals surface area contributed by atoms with Crippen LogP contribution in [0.4, 0.5) is 0 Å². The van der Waals surface area contributed by atoms with E-state index in [9.17, 15) is 4.79 Å². The molecule has 24 heavy (non-hydrogen) atoms. The first-order valence-electron chi connectivity index (χ1n) is 8.60. The van der Waals surface area contributed by atoms with E-state index in [1.165, 1.54) is 12.8 Å². The largest absolute Gasteiger partial charge is 0.339 e. The molecule has 6 nitrogen and oxygen atoms in total. The number of hydrogen-bond donors (Lipinski definition) is 0. The van der Waals surface area contributed by atoms with Gasteiger partial charge in [0, 0.05) is 49.7 Å². The van der Waals surface area contributed by atoms with E-state index in [0.29, 0.717) is 17.4 Å². The number of nitrogens with zero attached hydrogens (tertiary/aromatic N) is 5. The first-order chi connectivity index (χ1) is 11.7. The molecule has 1 aliphatic carbocycles.